The van der Waals surface area contributed by atoms with Crippen LogP contribution < -0.4 is 0 Å². The van der Waals surface area contributed by atoms with E-state index in [-0.39, 0.29) is 11.9 Å². The van der Waals surface area contributed by atoms with Crippen molar-refractivity contribution in [3.63, 3.8) is 0 Å². The molecule has 1 aromatic rings. The molecule has 2 aliphatic rings. The fraction of sp³-hybridized carbons (Fsp3) is 0.778. The third kappa shape index (κ3) is 4.14. The zero-order valence-electron chi connectivity index (χ0n) is 15.6. The molecule has 0 radical (unpaired) electrons. The molecule has 6 nitrogen and oxygen atoms in total. The van der Waals surface area contributed by atoms with Crippen molar-refractivity contribution in [1.82, 2.24) is 19.6 Å². The average Bonchev–Trinajstić information content (AvgIpc) is 3.05. The largest absolute Gasteiger partial charge is 0.336 e. The highest BCUT2D eigenvalue weighted by Gasteiger charge is 2.34. The van der Waals surface area contributed by atoms with Crippen LogP contribution in [0, 0.1) is 0 Å². The van der Waals surface area contributed by atoms with E-state index in [0.29, 0.717) is 36.7 Å². The van der Waals surface area contributed by atoms with Gasteiger partial charge in [0.25, 0.3) is 0 Å². The molecule has 0 aromatic carbocycles. The minimum atomic E-state index is -0.821. The molecule has 0 aliphatic carbocycles. The number of carbonyl (C=O) groups is 1. The first kappa shape index (κ1) is 18.6. The van der Waals surface area contributed by atoms with E-state index in [4.69, 9.17) is 0 Å². The maximum absolute atomic E-state index is 13.0. The molecular formula is C18H30N4O2S. The van der Waals surface area contributed by atoms with E-state index in [1.165, 1.54) is 6.42 Å². The standard InChI is InChI=1S/C18H30N4O2S/c1-4-21-11-16(10-19-21)17-13-25(24)9-8-20(17)12-18(23)22-14(2)6-5-7-15(22)3/h10-11,14-15,17H,4-9,12-13H2,1-3H3/t14-,15+,17-,25-/m0/s1. The Morgan fingerprint density at radius 3 is 2.68 bits per heavy atom. The molecule has 0 saturated carbocycles. The molecule has 140 valence electrons. The van der Waals surface area contributed by atoms with Crippen LogP contribution in [0.2, 0.25) is 0 Å². The molecule has 1 aromatic heterocycles. The van der Waals surface area contributed by atoms with Crippen LogP contribution in [0.15, 0.2) is 12.4 Å². The van der Waals surface area contributed by atoms with Gasteiger partial charge in [0.05, 0.1) is 12.7 Å². The molecule has 2 fully saturated rings. The topological polar surface area (TPSA) is 58.4 Å². The fourth-order valence-electron chi connectivity index (χ4n) is 4.13. The molecule has 2 aliphatic heterocycles. The number of aryl methyl sites for hydroxylation is 1. The van der Waals surface area contributed by atoms with Crippen LogP contribution in [-0.4, -0.2) is 66.4 Å². The highest BCUT2D eigenvalue weighted by Crippen LogP contribution is 2.27. The Kier molecular flexibility index (Phi) is 5.94. The minimum Gasteiger partial charge on any atom is -0.336 e. The van der Waals surface area contributed by atoms with E-state index < -0.39 is 10.8 Å². The maximum atomic E-state index is 13.0. The van der Waals surface area contributed by atoms with Crippen molar-refractivity contribution in [3.05, 3.63) is 18.0 Å². The molecular weight excluding hydrogens is 336 g/mol. The molecule has 0 unspecified atom stereocenters. The van der Waals surface area contributed by atoms with Crippen LogP contribution in [0.1, 0.15) is 51.6 Å². The normalized spacial score (nSPS) is 31.2. The smallest absolute Gasteiger partial charge is 0.237 e. The van der Waals surface area contributed by atoms with Gasteiger partial charge < -0.3 is 4.90 Å². The summed E-state index contributed by atoms with van der Waals surface area (Å²) >= 11 is 0. The first-order valence-electron chi connectivity index (χ1n) is 9.42. The van der Waals surface area contributed by atoms with Gasteiger partial charge in [0, 0.05) is 65.3 Å². The lowest BCUT2D eigenvalue weighted by atomic mass is 9.97. The Bertz CT molecular complexity index is 622. The van der Waals surface area contributed by atoms with Gasteiger partial charge in [-0.15, -0.1) is 0 Å². The minimum absolute atomic E-state index is 0.0224. The van der Waals surface area contributed by atoms with Crippen LogP contribution in [0.4, 0.5) is 0 Å². The van der Waals surface area contributed by atoms with Gasteiger partial charge in [-0.2, -0.15) is 5.10 Å². The Balaban J connectivity index is 1.74. The number of nitrogens with zero attached hydrogens (tertiary/aromatic N) is 4. The summed E-state index contributed by atoms with van der Waals surface area (Å²) in [5, 5.41) is 4.36. The molecule has 3 rings (SSSR count). The predicted octanol–water partition coefficient (Wildman–Crippen LogP) is 1.80. The molecule has 4 atom stereocenters. The number of hydrogen-bond acceptors (Lipinski definition) is 4. The lowest BCUT2D eigenvalue weighted by Gasteiger charge is -2.41. The third-order valence-corrected chi connectivity index (χ3v) is 6.90. The molecule has 0 spiro atoms. The number of hydrogen-bond donors (Lipinski definition) is 0. The number of aromatic nitrogens is 2. The van der Waals surface area contributed by atoms with Crippen molar-refractivity contribution in [3.8, 4) is 0 Å². The zero-order chi connectivity index (χ0) is 18.0. The summed E-state index contributed by atoms with van der Waals surface area (Å²) in [5.41, 5.74) is 1.07. The number of carbonyl (C=O) groups excluding carboxylic acids is 1. The van der Waals surface area contributed by atoms with Crippen molar-refractivity contribution in [2.24, 2.45) is 0 Å². The second-order valence-corrected chi connectivity index (χ2v) is 8.98. The molecule has 1 amide bonds. The van der Waals surface area contributed by atoms with E-state index in [0.717, 1.165) is 24.9 Å². The SMILES string of the molecule is CCn1cc([C@@H]2C[S@@](=O)CCN2CC(=O)N2[C@H](C)CCC[C@@H]2C)cn1. The first-order valence-corrected chi connectivity index (χ1v) is 10.9. The van der Waals surface area contributed by atoms with E-state index in [2.05, 4.69) is 35.7 Å². The van der Waals surface area contributed by atoms with Gasteiger partial charge >= 0.3 is 0 Å². The van der Waals surface area contributed by atoms with E-state index >= 15 is 0 Å². The molecule has 25 heavy (non-hydrogen) atoms. The summed E-state index contributed by atoms with van der Waals surface area (Å²) in [6.07, 6.45) is 7.27. The van der Waals surface area contributed by atoms with Gasteiger partial charge in [-0.1, -0.05) is 0 Å². The fourth-order valence-corrected chi connectivity index (χ4v) is 5.49. The van der Waals surface area contributed by atoms with Gasteiger partial charge in [-0.05, 0) is 40.0 Å². The van der Waals surface area contributed by atoms with Crippen molar-refractivity contribution in [2.75, 3.05) is 24.6 Å². The summed E-state index contributed by atoms with van der Waals surface area (Å²) in [6.45, 7) is 8.29. The van der Waals surface area contributed by atoms with Gasteiger partial charge in [0.1, 0.15) is 0 Å². The molecule has 0 bridgehead atoms. The summed E-state index contributed by atoms with van der Waals surface area (Å²) in [7, 11) is -0.821. The van der Waals surface area contributed by atoms with E-state index in [9.17, 15) is 9.00 Å². The van der Waals surface area contributed by atoms with Crippen molar-refractivity contribution >= 4 is 16.7 Å². The highest BCUT2D eigenvalue weighted by atomic mass is 32.2. The van der Waals surface area contributed by atoms with Gasteiger partial charge in [0.2, 0.25) is 5.91 Å². The Morgan fingerprint density at radius 2 is 2.04 bits per heavy atom. The van der Waals surface area contributed by atoms with Gasteiger partial charge in [0.15, 0.2) is 0 Å². The summed E-state index contributed by atoms with van der Waals surface area (Å²) < 4.78 is 14.0. The molecule has 0 N–H and O–H groups in total. The summed E-state index contributed by atoms with van der Waals surface area (Å²) in [6, 6.07) is 0.655. The summed E-state index contributed by atoms with van der Waals surface area (Å²) in [5.74, 6) is 1.45. The second kappa shape index (κ2) is 7.99. The Hall–Kier alpha value is -1.21. The molecule has 2 saturated heterocycles. The quantitative estimate of drug-likeness (QED) is 0.815. The predicted molar refractivity (Wildman–Crippen MR) is 99.7 cm³/mol. The van der Waals surface area contributed by atoms with Crippen LogP contribution in [0.5, 0.6) is 0 Å². The third-order valence-electron chi connectivity index (χ3n) is 5.57. The zero-order valence-corrected chi connectivity index (χ0v) is 16.4. The van der Waals surface area contributed by atoms with Crippen LogP contribution in [-0.2, 0) is 22.1 Å². The number of likely N-dealkylation sites (tertiary alicyclic amines) is 1. The Morgan fingerprint density at radius 1 is 1.32 bits per heavy atom. The highest BCUT2D eigenvalue weighted by molar-refractivity contribution is 7.85. The van der Waals surface area contributed by atoms with Crippen LogP contribution in [0.3, 0.4) is 0 Å². The molecule has 3 heterocycles. The van der Waals surface area contributed by atoms with Crippen LogP contribution in [0.25, 0.3) is 0 Å². The van der Waals surface area contributed by atoms with Gasteiger partial charge in [-0.25, -0.2) is 0 Å². The van der Waals surface area contributed by atoms with E-state index in [1.54, 1.807) is 0 Å². The van der Waals surface area contributed by atoms with Crippen molar-refractivity contribution < 1.29 is 9.00 Å². The second-order valence-electron chi connectivity index (χ2n) is 7.36. The molecule has 7 heteroatoms. The summed E-state index contributed by atoms with van der Waals surface area (Å²) in [4.78, 5) is 17.3. The van der Waals surface area contributed by atoms with Crippen molar-refractivity contribution in [2.45, 2.75) is 64.7 Å². The van der Waals surface area contributed by atoms with Crippen LogP contribution >= 0.6 is 0 Å². The number of rotatable bonds is 4. The first-order chi connectivity index (χ1) is 12.0. The Labute approximate surface area is 153 Å². The number of piperidine rings is 1. The average molecular weight is 367 g/mol. The number of amides is 1. The lowest BCUT2D eigenvalue weighted by molar-refractivity contribution is -0.139. The van der Waals surface area contributed by atoms with Gasteiger partial charge in [-0.3, -0.25) is 18.6 Å². The monoisotopic (exact) mass is 366 g/mol. The van der Waals surface area contributed by atoms with E-state index in [1.807, 2.05) is 17.1 Å². The van der Waals surface area contributed by atoms with Crippen molar-refractivity contribution in [1.29, 1.82) is 0 Å². The maximum Gasteiger partial charge on any atom is 0.237 e. The lowest BCUT2D eigenvalue weighted by Crippen LogP contribution is -2.53.